The monoisotopic (exact) mass is 299 g/mol. The Morgan fingerprint density at radius 3 is 2.23 bits per heavy atom. The fourth-order valence-corrected chi connectivity index (χ4v) is 2.25. The van der Waals surface area contributed by atoms with Crippen LogP contribution in [0, 0.1) is 0 Å². The Balaban J connectivity index is 0.000000188. The Morgan fingerprint density at radius 1 is 1.09 bits per heavy atom. The van der Waals surface area contributed by atoms with Crippen LogP contribution in [0.3, 0.4) is 0 Å². The predicted molar refractivity (Wildman–Crippen MR) is 83.5 cm³/mol. The molecule has 22 heavy (non-hydrogen) atoms. The van der Waals surface area contributed by atoms with Gasteiger partial charge in [0.25, 0.3) is 0 Å². The highest BCUT2D eigenvalue weighted by Crippen LogP contribution is 2.18. The smallest absolute Gasteiger partial charge is 0.354 e. The van der Waals surface area contributed by atoms with Crippen molar-refractivity contribution in [1.82, 2.24) is 4.98 Å². The largest absolute Gasteiger partial charge is 0.477 e. The number of rotatable bonds is 3. The topological polar surface area (TPSA) is 73.3 Å². The molecule has 1 aromatic heterocycles. The van der Waals surface area contributed by atoms with Crippen LogP contribution in [0.5, 0.6) is 0 Å². The number of aromatic carboxylic acids is 1. The van der Waals surface area contributed by atoms with Crippen molar-refractivity contribution >= 4 is 11.7 Å². The van der Waals surface area contributed by atoms with Crippen molar-refractivity contribution in [3.8, 4) is 0 Å². The molecular weight excluding hydrogens is 280 g/mol. The maximum absolute atomic E-state index is 10.6. The lowest BCUT2D eigenvalue weighted by Gasteiger charge is -2.16. The van der Waals surface area contributed by atoms with Crippen molar-refractivity contribution in [2.75, 3.05) is 18.0 Å². The third kappa shape index (κ3) is 4.56. The minimum Gasteiger partial charge on any atom is -0.477 e. The number of anilines is 1. The van der Waals surface area contributed by atoms with Crippen LogP contribution in [0.4, 0.5) is 5.69 Å². The van der Waals surface area contributed by atoms with E-state index in [1.165, 1.54) is 12.8 Å². The molecule has 1 aliphatic rings. The molecule has 1 saturated heterocycles. The van der Waals surface area contributed by atoms with Crippen LogP contribution in [0.1, 0.15) is 28.9 Å². The molecule has 1 aliphatic heterocycles. The number of carbonyl (C=O) groups is 1. The number of hydrogen-bond donors (Lipinski definition) is 1. The molecule has 3 rings (SSSR count). The average Bonchev–Trinajstić information content (AvgIpc) is 3.11. The lowest BCUT2D eigenvalue weighted by atomic mass is 10.2. The molecule has 1 N–H and O–H groups in total. The van der Waals surface area contributed by atoms with Crippen molar-refractivity contribution in [3.63, 3.8) is 0 Å². The molecule has 0 spiro atoms. The van der Waals surface area contributed by atoms with Crippen LogP contribution < -0.4 is 4.90 Å². The highest BCUT2D eigenvalue weighted by atomic mass is 16.4. The van der Waals surface area contributed by atoms with Gasteiger partial charge in [0.2, 0.25) is 0 Å². The quantitative estimate of drug-likeness (QED) is 0.945. The van der Waals surface area contributed by atoms with Crippen LogP contribution in [0.15, 0.2) is 48.7 Å². The van der Waals surface area contributed by atoms with Gasteiger partial charge in [-0.3, -0.25) is 0 Å². The molecule has 0 amide bonds. The Labute approximate surface area is 129 Å². The summed E-state index contributed by atoms with van der Waals surface area (Å²) in [6.07, 6.45) is 4.05. The molecule has 5 nitrogen and oxygen atoms in total. The van der Waals surface area contributed by atoms with Gasteiger partial charge in [-0.25, -0.2) is 14.9 Å². The lowest BCUT2D eigenvalue weighted by molar-refractivity contribution is 0.0690. The van der Waals surface area contributed by atoms with E-state index in [-0.39, 0.29) is 12.3 Å². The van der Waals surface area contributed by atoms with Gasteiger partial charge in [-0.1, -0.05) is 30.3 Å². The third-order valence-electron chi connectivity index (χ3n) is 3.45. The molecule has 0 bridgehead atoms. The Hall–Kier alpha value is -2.40. The van der Waals surface area contributed by atoms with Crippen molar-refractivity contribution in [1.29, 1.82) is 0 Å². The summed E-state index contributed by atoms with van der Waals surface area (Å²) in [4.78, 5) is 16.7. The molecule has 0 atom stereocenters. The standard InChI is InChI=1S/C10H12N2O2.C7H7O/c13-10(14)9-4-3-8(7-11-9)12-5-1-2-6-12;8-6-7-4-2-1-3-5-7/h3-4,7H,1-2,5-6H2,(H,13,14);1-5H,6H2. The summed E-state index contributed by atoms with van der Waals surface area (Å²) in [5, 5.41) is 18.8. The van der Waals surface area contributed by atoms with Gasteiger partial charge in [0.15, 0.2) is 0 Å². The van der Waals surface area contributed by atoms with Crippen molar-refractivity contribution in [2.45, 2.75) is 19.4 Å². The fourth-order valence-electron chi connectivity index (χ4n) is 2.25. The molecule has 2 heterocycles. The van der Waals surface area contributed by atoms with Crippen molar-refractivity contribution in [2.24, 2.45) is 0 Å². The average molecular weight is 299 g/mol. The molecule has 0 unspecified atom stereocenters. The number of benzene rings is 1. The normalized spacial score (nSPS) is 13.4. The van der Waals surface area contributed by atoms with Gasteiger partial charge in [-0.05, 0) is 30.5 Å². The number of nitrogens with zero attached hydrogens (tertiary/aromatic N) is 2. The van der Waals surface area contributed by atoms with E-state index in [0.29, 0.717) is 0 Å². The van der Waals surface area contributed by atoms with Crippen molar-refractivity contribution in [3.05, 3.63) is 59.9 Å². The molecule has 1 radical (unpaired) electrons. The molecule has 1 fully saturated rings. The number of pyridine rings is 1. The second-order valence-electron chi connectivity index (χ2n) is 5.03. The summed E-state index contributed by atoms with van der Waals surface area (Å²) in [5.41, 5.74) is 1.98. The van der Waals surface area contributed by atoms with E-state index in [1.807, 2.05) is 36.4 Å². The highest BCUT2D eigenvalue weighted by Gasteiger charge is 2.13. The zero-order valence-electron chi connectivity index (χ0n) is 12.3. The first kappa shape index (κ1) is 16.0. The van der Waals surface area contributed by atoms with E-state index in [4.69, 9.17) is 5.11 Å². The van der Waals surface area contributed by atoms with Gasteiger partial charge in [-0.15, -0.1) is 0 Å². The van der Waals surface area contributed by atoms with Gasteiger partial charge in [-0.2, -0.15) is 0 Å². The van der Waals surface area contributed by atoms with Gasteiger partial charge >= 0.3 is 5.97 Å². The molecule has 1 aromatic carbocycles. The molecule has 5 heteroatoms. The summed E-state index contributed by atoms with van der Waals surface area (Å²) in [6, 6.07) is 12.7. The Kier molecular flexibility index (Phi) is 5.91. The zero-order valence-corrected chi connectivity index (χ0v) is 12.3. The number of carboxylic acid groups (broad SMARTS) is 1. The summed E-state index contributed by atoms with van der Waals surface area (Å²) < 4.78 is 0. The molecular formula is C17H19N2O3. The Bertz CT molecular complexity index is 579. The molecule has 0 saturated carbocycles. The minimum absolute atomic E-state index is 0.105. The predicted octanol–water partition coefficient (Wildman–Crippen LogP) is 3.00. The highest BCUT2D eigenvalue weighted by molar-refractivity contribution is 5.85. The second kappa shape index (κ2) is 8.14. The molecule has 115 valence electrons. The summed E-state index contributed by atoms with van der Waals surface area (Å²) >= 11 is 0. The first-order chi connectivity index (χ1) is 10.7. The van der Waals surface area contributed by atoms with Gasteiger partial charge in [0, 0.05) is 13.1 Å². The first-order valence-corrected chi connectivity index (χ1v) is 7.27. The number of aromatic nitrogens is 1. The SMILES string of the molecule is O=C(O)c1ccc(N2CCCC2)cn1.[O]Cc1ccccc1. The van der Waals surface area contributed by atoms with E-state index < -0.39 is 5.97 Å². The maximum atomic E-state index is 10.6. The van der Waals surface area contributed by atoms with Crippen LogP contribution in [0.2, 0.25) is 0 Å². The van der Waals surface area contributed by atoms with E-state index in [1.54, 1.807) is 12.3 Å². The van der Waals surface area contributed by atoms with Crippen LogP contribution in [0.25, 0.3) is 0 Å². The second-order valence-corrected chi connectivity index (χ2v) is 5.03. The van der Waals surface area contributed by atoms with Crippen LogP contribution >= 0.6 is 0 Å². The number of hydrogen-bond acceptors (Lipinski definition) is 3. The Morgan fingerprint density at radius 2 is 1.77 bits per heavy atom. The molecule has 0 aliphatic carbocycles. The van der Waals surface area contributed by atoms with Crippen molar-refractivity contribution < 1.29 is 15.0 Å². The van der Waals surface area contributed by atoms with Crippen LogP contribution in [-0.2, 0) is 11.7 Å². The van der Waals surface area contributed by atoms with E-state index in [2.05, 4.69) is 9.88 Å². The summed E-state index contributed by atoms with van der Waals surface area (Å²) in [6.45, 7) is 1.99. The van der Waals surface area contributed by atoms with Crippen LogP contribution in [-0.4, -0.2) is 29.1 Å². The van der Waals surface area contributed by atoms with Gasteiger partial charge < -0.3 is 10.0 Å². The van der Waals surface area contributed by atoms with E-state index in [9.17, 15) is 9.90 Å². The van der Waals surface area contributed by atoms with Gasteiger partial charge in [0.1, 0.15) is 12.3 Å². The third-order valence-corrected chi connectivity index (χ3v) is 3.45. The zero-order chi connectivity index (χ0) is 15.8. The number of carboxylic acids is 1. The van der Waals surface area contributed by atoms with E-state index in [0.717, 1.165) is 24.3 Å². The maximum Gasteiger partial charge on any atom is 0.354 e. The summed E-state index contributed by atoms with van der Waals surface area (Å²) in [5.74, 6) is -0.974. The first-order valence-electron chi connectivity index (χ1n) is 7.27. The minimum atomic E-state index is -0.974. The molecule has 2 aromatic rings. The summed E-state index contributed by atoms with van der Waals surface area (Å²) in [7, 11) is 0. The van der Waals surface area contributed by atoms with Gasteiger partial charge in [0.05, 0.1) is 11.9 Å². The lowest BCUT2D eigenvalue weighted by Crippen LogP contribution is -2.17. The van der Waals surface area contributed by atoms with E-state index >= 15 is 0 Å². The fraction of sp³-hybridized carbons (Fsp3) is 0.294.